The van der Waals surface area contributed by atoms with Gasteiger partial charge in [0.2, 0.25) is 0 Å². The zero-order valence-electron chi connectivity index (χ0n) is 81.9. The molecule has 0 bridgehead atoms. The zero-order valence-corrected chi connectivity index (χ0v) is 85.9. The van der Waals surface area contributed by atoms with Crippen LogP contribution in [0.25, 0.3) is 89.7 Å². The van der Waals surface area contributed by atoms with Crippen LogP contribution >= 0.6 is 56.9 Å². The summed E-state index contributed by atoms with van der Waals surface area (Å²) in [4.78, 5) is 141. The fourth-order valence-electron chi connectivity index (χ4n) is 21.5. The van der Waals surface area contributed by atoms with E-state index in [2.05, 4.69) is 24.3 Å². The summed E-state index contributed by atoms with van der Waals surface area (Å²) >= 11 is 12.4. The Balaban J connectivity index is 0.000000131. The third-order valence-corrected chi connectivity index (χ3v) is 33.1. The van der Waals surface area contributed by atoms with Crippen molar-refractivity contribution in [3.63, 3.8) is 0 Å². The van der Waals surface area contributed by atoms with Crippen molar-refractivity contribution in [2.75, 3.05) is 0 Å². The van der Waals surface area contributed by atoms with Crippen LogP contribution < -0.4 is 0 Å². The number of Topliss-reactive ketones (excluding diaryl/α,β-unsaturated/α-hetero) is 8. The number of benzene rings is 8. The number of carbonyl (C=O) groups excluding carboxylic acids is 9. The zero-order chi connectivity index (χ0) is 100. The van der Waals surface area contributed by atoms with E-state index in [0.29, 0.717) is 124 Å². The van der Waals surface area contributed by atoms with Crippen LogP contribution in [0, 0.1) is 68.5 Å². The summed E-state index contributed by atoms with van der Waals surface area (Å²) in [7, 11) is 0. The Kier molecular flexibility index (Phi) is 32.4. The number of phenolic OH excluding ortho intramolecular Hbond substituents is 1. The highest BCUT2D eigenvalue weighted by molar-refractivity contribution is 7.15. The van der Waals surface area contributed by atoms with E-state index in [1.54, 1.807) is 52.2 Å². The minimum Gasteiger partial charge on any atom is -0.504 e. The van der Waals surface area contributed by atoms with Gasteiger partial charge in [0, 0.05) is 145 Å². The fourth-order valence-corrected chi connectivity index (χ4v) is 24.9. The minimum absolute atomic E-state index is 0.0293. The number of hydrogen-bond donors (Lipinski definition) is 1. The van der Waals surface area contributed by atoms with Crippen LogP contribution in [0.4, 0.5) is 4.39 Å². The summed E-state index contributed by atoms with van der Waals surface area (Å²) in [6, 6.07) is 68.8. The van der Waals surface area contributed by atoms with Crippen LogP contribution in [0.3, 0.4) is 0 Å². The topological polar surface area (TPSA) is 269 Å². The van der Waals surface area contributed by atoms with Crippen LogP contribution in [0.15, 0.2) is 212 Å². The highest BCUT2D eigenvalue weighted by Gasteiger charge is 2.36. The Morgan fingerprint density at radius 2 is 0.678 bits per heavy atom. The molecule has 0 unspecified atom stereocenters. The number of aryl methyl sites for hydroxylation is 4. The van der Waals surface area contributed by atoms with Gasteiger partial charge in [0.05, 0.1) is 80.8 Å². The maximum absolute atomic E-state index is 14.3. The molecule has 19 nitrogen and oxygen atoms in total. The highest BCUT2D eigenvalue weighted by Crippen LogP contribution is 2.48. The second-order valence-electron chi connectivity index (χ2n) is 38.6. The molecule has 20 rings (SSSR count). The van der Waals surface area contributed by atoms with Crippen molar-refractivity contribution in [3.8, 4) is 57.4 Å². The van der Waals surface area contributed by atoms with Crippen molar-refractivity contribution in [1.82, 2.24) is 38.2 Å². The molecule has 8 atom stereocenters. The number of imidazole rings is 4. The van der Waals surface area contributed by atoms with Crippen molar-refractivity contribution in [1.29, 1.82) is 5.26 Å². The number of phenols is 1. The summed E-state index contributed by atoms with van der Waals surface area (Å²) in [6.45, 7) is 15.5. The number of ketones is 8. The lowest BCUT2D eigenvalue weighted by Crippen LogP contribution is -2.22. The van der Waals surface area contributed by atoms with Crippen molar-refractivity contribution < 1.29 is 52.6 Å². The number of nitriles is 1. The summed E-state index contributed by atoms with van der Waals surface area (Å²) in [5.41, 5.74) is 13.8. The number of fused-ring (bicyclic) bond motifs is 4. The van der Waals surface area contributed by atoms with E-state index < -0.39 is 11.6 Å². The molecular weight excluding hydrogens is 1890 g/mol. The Bertz CT molecular complexity index is 7520. The largest absolute Gasteiger partial charge is 0.504 e. The SMILES string of the molecule is CCC(=O)c1ccc2c(c1)nc(-c1ccc(C#N)cc1)n2[C@H]1CCC[C@@H](CC(=O)c2ccc(C)s2)C1.CCC(=O)c1ccc2c(c1)nc(-c1ccc(Cl)cc1)n2[C@H]1CCC[C@@H](CC(=O)c2ccc(C)s2)C1.CCC(=O)c1ccc2c(c1)nc(-c1cccc(F)c1O)n2[C@H]1CCC[C@@H](CC(=O)c2ccc(C)s2)C1.CCC(=O)c1ccc2c(c1)nc(-c1ccccc1C=O)n2[C@H]1CCC[C@@H](CC(=O)c2ccc(C)s2)C1. The Morgan fingerprint density at radius 1 is 0.378 bits per heavy atom. The number of carbonyl (C=O) groups is 9. The molecule has 4 aliphatic rings. The number of halogens is 2. The average molecular weight is 2000 g/mol. The van der Waals surface area contributed by atoms with Gasteiger partial charge in [0.25, 0.3) is 0 Å². The molecule has 4 aliphatic carbocycles. The molecule has 4 fully saturated rings. The monoisotopic (exact) mass is 2000 g/mol. The van der Waals surface area contributed by atoms with E-state index in [9.17, 15) is 57.9 Å². The standard InChI is InChI=1S/C30H29N3O2S.C30H30N2O3S.C29H29ClN2O2S.C29H29FN2O3S/c1-3-27(34)23-12-13-26-25(17-23)32-30(22-10-8-20(18-31)9-11-22)33(26)24-6-4-5-21(15-24)16-28(35)29-14-7-19(2)36-29;1-3-27(34)21-12-13-26-25(17-21)31-30(24-10-5-4-8-22(24)18-33)32(26)23-9-6-7-20(15-23)16-28(35)29-14-11-19(2)36-29;1-3-26(33)21-10-13-25-24(17-21)31-29(20-8-11-22(30)12-9-20)32(25)23-6-4-5-19(15-23)16-27(34)28-14-7-18(2)35-28;1-3-25(33)19-11-12-24-23(16-19)31-29(21-8-5-9-22(30)28(21)35)32(24)20-7-4-6-18(14-20)15-26(34)27-13-10-17(2)36-27/h7-14,17,21,24H,3-6,15-16H2,1-2H3;4-5,8,10-14,17-18,20,23H,3,6-7,9,15-16H2,1-2H3;7-14,17,19,23H,3-6,15-16H2,1-2H3;5,8-13,16,18,20,35H,3-4,6-7,14-15H2,1-2H3/t21-,24+;20-,23+;19-,23+;18-,20+/m1111/s1. The van der Waals surface area contributed by atoms with Crippen LogP contribution in [0.1, 0.15) is 322 Å². The van der Waals surface area contributed by atoms with E-state index in [1.165, 1.54) is 22.3 Å². The van der Waals surface area contributed by atoms with Crippen LogP contribution in [-0.4, -0.2) is 95.9 Å². The lowest BCUT2D eigenvalue weighted by molar-refractivity contribution is 0.0937. The quantitative estimate of drug-likeness (QED) is 0.0337. The minimum atomic E-state index is -0.702. The second kappa shape index (κ2) is 45.7. The molecule has 8 aromatic heterocycles. The maximum Gasteiger partial charge on any atom is 0.173 e. The first-order valence-electron chi connectivity index (χ1n) is 50.1. The normalized spacial score (nSPS) is 17.9. The average Bonchev–Trinajstić information content (AvgIpc) is 1.61. The first-order valence-corrected chi connectivity index (χ1v) is 53.8. The predicted octanol–water partition coefficient (Wildman–Crippen LogP) is 30.9. The van der Waals surface area contributed by atoms with Gasteiger partial charge in [-0.05, 0) is 310 Å². The van der Waals surface area contributed by atoms with Crippen LogP contribution in [-0.2, 0) is 0 Å². The van der Waals surface area contributed by atoms with E-state index in [1.807, 2.05) is 243 Å². The number of hydrogen-bond acceptors (Lipinski definition) is 19. The van der Waals surface area contributed by atoms with Gasteiger partial charge in [-0.15, -0.1) is 45.3 Å². The lowest BCUT2D eigenvalue weighted by atomic mass is 9.82. The Morgan fingerprint density at radius 3 is 0.986 bits per heavy atom. The summed E-state index contributed by atoms with van der Waals surface area (Å²) in [5.74, 6) is 4.27. The molecule has 0 radical (unpaired) electrons. The van der Waals surface area contributed by atoms with Crippen LogP contribution in [0.2, 0.25) is 5.02 Å². The number of rotatable bonds is 29. The smallest absolute Gasteiger partial charge is 0.173 e. The second-order valence-corrected chi connectivity index (χ2v) is 44.2. The summed E-state index contributed by atoms with van der Waals surface area (Å²) < 4.78 is 23.3. The molecule has 1 N–H and O–H groups in total. The van der Waals surface area contributed by atoms with Gasteiger partial charge in [0.15, 0.2) is 64.1 Å². The van der Waals surface area contributed by atoms with Crippen molar-refractivity contribution in [2.24, 2.45) is 23.7 Å². The van der Waals surface area contributed by atoms with Gasteiger partial charge in [0.1, 0.15) is 23.3 Å². The van der Waals surface area contributed by atoms with Crippen molar-refractivity contribution in [3.05, 3.63) is 296 Å². The molecule has 25 heteroatoms. The molecule has 0 saturated heterocycles. The number of para-hydroxylation sites is 1. The van der Waals surface area contributed by atoms with Crippen molar-refractivity contribution in [2.45, 2.75) is 234 Å². The van der Waals surface area contributed by atoms with Gasteiger partial charge in [-0.3, -0.25) is 43.2 Å². The maximum atomic E-state index is 14.3. The fraction of sp³-hybridized carbons (Fsp3) is 0.339. The number of aromatic hydroxyl groups is 1. The molecule has 8 heterocycles. The Labute approximate surface area is 853 Å². The number of aromatic nitrogens is 8. The predicted molar refractivity (Wildman–Crippen MR) is 572 cm³/mol. The molecular formula is C118H117ClFN9O10S4. The first-order chi connectivity index (χ1) is 69.2. The third-order valence-electron chi connectivity index (χ3n) is 28.7. The van der Waals surface area contributed by atoms with E-state index in [4.69, 9.17) is 31.5 Å². The summed E-state index contributed by atoms with van der Waals surface area (Å²) in [6.07, 6.45) is 20.6. The number of nitrogens with zero attached hydrogens (tertiary/aromatic N) is 9. The van der Waals surface area contributed by atoms with Crippen molar-refractivity contribution >= 4 is 154 Å². The molecule has 0 amide bonds. The van der Waals surface area contributed by atoms with Gasteiger partial charge >= 0.3 is 0 Å². The van der Waals surface area contributed by atoms with E-state index in [-0.39, 0.29) is 76.4 Å². The Hall–Kier alpha value is -13.0. The molecule has 143 heavy (non-hydrogen) atoms. The highest BCUT2D eigenvalue weighted by atomic mass is 35.5. The van der Waals surface area contributed by atoms with Gasteiger partial charge in [-0.1, -0.05) is 95.3 Å². The molecule has 0 spiro atoms. The number of aldehydes is 1. The van der Waals surface area contributed by atoms with Gasteiger partial charge < -0.3 is 23.4 Å². The van der Waals surface area contributed by atoms with Gasteiger partial charge in [-0.25, -0.2) is 24.3 Å². The molecule has 0 aliphatic heterocycles. The number of thiophene rings is 4. The summed E-state index contributed by atoms with van der Waals surface area (Å²) in [5, 5.41) is 20.5. The molecule has 16 aromatic rings. The molecule has 4 saturated carbocycles. The third kappa shape index (κ3) is 23.1. The molecule has 8 aromatic carbocycles. The van der Waals surface area contributed by atoms with Crippen LogP contribution in [0.5, 0.6) is 5.75 Å². The first kappa shape index (κ1) is 101. The molecule has 732 valence electrons. The lowest BCUT2D eigenvalue weighted by Gasteiger charge is -2.31. The van der Waals surface area contributed by atoms with Gasteiger partial charge in [-0.2, -0.15) is 5.26 Å². The van der Waals surface area contributed by atoms with E-state index >= 15 is 0 Å². The van der Waals surface area contributed by atoms with E-state index in [0.717, 1.165) is 216 Å².